The van der Waals surface area contributed by atoms with Crippen LogP contribution in [0.1, 0.15) is 38.3 Å². The highest BCUT2D eigenvalue weighted by Gasteiger charge is 2.32. The number of fused-ring (bicyclic) bond motifs is 1. The van der Waals surface area contributed by atoms with Gasteiger partial charge in [0.1, 0.15) is 6.07 Å². The highest BCUT2D eigenvalue weighted by molar-refractivity contribution is 7.71. The van der Waals surface area contributed by atoms with E-state index in [4.69, 9.17) is 12.2 Å². The number of imidazole rings is 1. The number of para-hydroxylation sites is 1. The SMILES string of the molecule is CC1CCC(n2c(=S)[nH]c3c(C#N)cccc32)C1C. The molecule has 3 rings (SSSR count). The molecule has 2 aromatic rings. The zero-order valence-corrected chi connectivity index (χ0v) is 12.0. The van der Waals surface area contributed by atoms with Gasteiger partial charge in [-0.15, -0.1) is 0 Å². The first kappa shape index (κ1) is 12.4. The number of aromatic amines is 1. The van der Waals surface area contributed by atoms with Crippen molar-refractivity contribution in [3.8, 4) is 6.07 Å². The molecule has 98 valence electrons. The van der Waals surface area contributed by atoms with Crippen LogP contribution in [-0.2, 0) is 0 Å². The van der Waals surface area contributed by atoms with Crippen LogP contribution < -0.4 is 0 Å². The van der Waals surface area contributed by atoms with Gasteiger partial charge in [-0.05, 0) is 49.0 Å². The van der Waals surface area contributed by atoms with Gasteiger partial charge in [0.15, 0.2) is 4.77 Å². The number of hydrogen-bond acceptors (Lipinski definition) is 2. The summed E-state index contributed by atoms with van der Waals surface area (Å²) in [6, 6.07) is 8.50. The molecular formula is C15H17N3S. The zero-order chi connectivity index (χ0) is 13.6. The van der Waals surface area contributed by atoms with Crippen molar-refractivity contribution in [3.05, 3.63) is 28.5 Å². The van der Waals surface area contributed by atoms with E-state index in [1.165, 1.54) is 12.8 Å². The van der Waals surface area contributed by atoms with E-state index in [0.29, 0.717) is 17.5 Å². The number of aromatic nitrogens is 2. The van der Waals surface area contributed by atoms with Crippen molar-refractivity contribution in [2.24, 2.45) is 11.8 Å². The third-order valence-corrected chi connectivity index (χ3v) is 4.93. The molecule has 1 aliphatic rings. The van der Waals surface area contributed by atoms with Crippen LogP contribution in [0.4, 0.5) is 0 Å². The molecule has 4 heteroatoms. The zero-order valence-electron chi connectivity index (χ0n) is 11.2. The standard InChI is InChI=1S/C15H17N3S/c1-9-6-7-12(10(9)2)18-13-5-3-4-11(8-16)14(13)17-15(18)19/h3-5,9-10,12H,6-7H2,1-2H3,(H,17,19). The van der Waals surface area contributed by atoms with Gasteiger partial charge in [0.2, 0.25) is 0 Å². The predicted octanol–water partition coefficient (Wildman–Crippen LogP) is 4.18. The number of H-pyrrole nitrogens is 1. The molecule has 0 radical (unpaired) electrons. The number of hydrogen-bond donors (Lipinski definition) is 1. The largest absolute Gasteiger partial charge is 0.329 e. The van der Waals surface area contributed by atoms with Gasteiger partial charge < -0.3 is 9.55 Å². The molecule has 1 N–H and O–H groups in total. The van der Waals surface area contributed by atoms with Gasteiger partial charge in [-0.3, -0.25) is 0 Å². The van der Waals surface area contributed by atoms with Crippen molar-refractivity contribution in [1.29, 1.82) is 5.26 Å². The molecule has 3 unspecified atom stereocenters. The third kappa shape index (κ3) is 1.81. The molecule has 0 saturated heterocycles. The lowest BCUT2D eigenvalue weighted by atomic mass is 9.97. The molecule has 19 heavy (non-hydrogen) atoms. The minimum absolute atomic E-state index is 0.449. The number of nitrogens with zero attached hydrogens (tertiary/aromatic N) is 2. The second-order valence-corrected chi connectivity index (χ2v) is 5.98. The van der Waals surface area contributed by atoms with Crippen molar-refractivity contribution in [1.82, 2.24) is 9.55 Å². The Kier molecular flexibility index (Phi) is 2.94. The summed E-state index contributed by atoms with van der Waals surface area (Å²) in [5.74, 6) is 1.35. The number of rotatable bonds is 1. The van der Waals surface area contributed by atoms with Crippen molar-refractivity contribution in [2.45, 2.75) is 32.7 Å². The summed E-state index contributed by atoms with van der Waals surface area (Å²) in [5.41, 5.74) is 2.61. The first-order valence-electron chi connectivity index (χ1n) is 6.77. The second-order valence-electron chi connectivity index (χ2n) is 5.59. The molecule has 1 heterocycles. The molecule has 1 fully saturated rings. The maximum absolute atomic E-state index is 9.18. The molecule has 0 amide bonds. The van der Waals surface area contributed by atoms with Crippen molar-refractivity contribution < 1.29 is 0 Å². The summed E-state index contributed by atoms with van der Waals surface area (Å²) < 4.78 is 2.96. The van der Waals surface area contributed by atoms with Crippen LogP contribution in [0.15, 0.2) is 18.2 Å². The summed E-state index contributed by atoms with van der Waals surface area (Å²) in [5, 5.41) is 9.18. The number of nitriles is 1. The molecule has 1 saturated carbocycles. The van der Waals surface area contributed by atoms with Crippen molar-refractivity contribution >= 4 is 23.3 Å². The van der Waals surface area contributed by atoms with Crippen LogP contribution >= 0.6 is 12.2 Å². The van der Waals surface area contributed by atoms with Gasteiger partial charge in [-0.2, -0.15) is 5.26 Å². The monoisotopic (exact) mass is 271 g/mol. The van der Waals surface area contributed by atoms with Gasteiger partial charge >= 0.3 is 0 Å². The maximum Gasteiger partial charge on any atom is 0.178 e. The van der Waals surface area contributed by atoms with E-state index in [9.17, 15) is 5.26 Å². The lowest BCUT2D eigenvalue weighted by molar-refractivity contribution is 0.356. The number of benzene rings is 1. The molecule has 0 bridgehead atoms. The third-order valence-electron chi connectivity index (χ3n) is 4.63. The Morgan fingerprint density at radius 2 is 2.16 bits per heavy atom. The molecule has 1 aliphatic carbocycles. The maximum atomic E-state index is 9.18. The minimum atomic E-state index is 0.449. The first-order chi connectivity index (χ1) is 9.13. The predicted molar refractivity (Wildman–Crippen MR) is 78.4 cm³/mol. The van der Waals surface area contributed by atoms with Crippen LogP contribution in [0.25, 0.3) is 11.0 Å². The van der Waals surface area contributed by atoms with Crippen LogP contribution in [0.5, 0.6) is 0 Å². The van der Waals surface area contributed by atoms with Crippen LogP contribution in [-0.4, -0.2) is 9.55 Å². The smallest absolute Gasteiger partial charge is 0.178 e. The summed E-state index contributed by atoms with van der Waals surface area (Å²) >= 11 is 5.49. The summed E-state index contributed by atoms with van der Waals surface area (Å²) in [6.07, 6.45) is 2.42. The fraction of sp³-hybridized carbons (Fsp3) is 0.467. The van der Waals surface area contributed by atoms with E-state index >= 15 is 0 Å². The van der Waals surface area contributed by atoms with Crippen LogP contribution in [0, 0.1) is 27.9 Å². The first-order valence-corrected chi connectivity index (χ1v) is 7.17. The molecule has 3 nitrogen and oxygen atoms in total. The second kappa shape index (κ2) is 4.50. The minimum Gasteiger partial charge on any atom is -0.329 e. The Balaban J connectivity index is 2.23. The van der Waals surface area contributed by atoms with Gasteiger partial charge in [0, 0.05) is 6.04 Å². The van der Waals surface area contributed by atoms with Crippen LogP contribution in [0.2, 0.25) is 0 Å². The van der Waals surface area contributed by atoms with E-state index in [0.717, 1.165) is 21.7 Å². The quantitative estimate of drug-likeness (QED) is 0.791. The average Bonchev–Trinajstić information content (AvgIpc) is 2.90. The summed E-state index contributed by atoms with van der Waals surface area (Å²) in [7, 11) is 0. The Labute approximate surface area is 117 Å². The summed E-state index contributed by atoms with van der Waals surface area (Å²) in [4.78, 5) is 3.21. The van der Waals surface area contributed by atoms with Gasteiger partial charge in [-0.25, -0.2) is 0 Å². The molecule has 3 atom stereocenters. The Bertz CT molecular complexity index is 719. The van der Waals surface area contributed by atoms with E-state index in [1.807, 2.05) is 12.1 Å². The Morgan fingerprint density at radius 1 is 1.37 bits per heavy atom. The normalized spacial score (nSPS) is 26.7. The fourth-order valence-electron chi connectivity index (χ4n) is 3.27. The van der Waals surface area contributed by atoms with Crippen LogP contribution in [0.3, 0.4) is 0 Å². The lowest BCUT2D eigenvalue weighted by Crippen LogP contribution is -2.14. The van der Waals surface area contributed by atoms with Gasteiger partial charge in [-0.1, -0.05) is 19.9 Å². The molecule has 1 aromatic carbocycles. The molecule has 0 spiro atoms. The molecule has 0 aliphatic heterocycles. The molecule has 1 aromatic heterocycles. The Morgan fingerprint density at radius 3 is 2.79 bits per heavy atom. The molecular weight excluding hydrogens is 254 g/mol. The van der Waals surface area contributed by atoms with E-state index in [-0.39, 0.29) is 0 Å². The van der Waals surface area contributed by atoms with Gasteiger partial charge in [0.25, 0.3) is 0 Å². The van der Waals surface area contributed by atoms with Crippen molar-refractivity contribution in [3.63, 3.8) is 0 Å². The number of nitrogens with one attached hydrogen (secondary N) is 1. The Hall–Kier alpha value is -1.60. The van der Waals surface area contributed by atoms with E-state index in [2.05, 4.69) is 35.5 Å². The topological polar surface area (TPSA) is 44.5 Å². The highest BCUT2D eigenvalue weighted by Crippen LogP contribution is 2.41. The average molecular weight is 271 g/mol. The fourth-order valence-corrected chi connectivity index (χ4v) is 3.61. The summed E-state index contributed by atoms with van der Waals surface area (Å²) in [6.45, 7) is 4.61. The van der Waals surface area contributed by atoms with Crippen molar-refractivity contribution in [2.75, 3.05) is 0 Å². The lowest BCUT2D eigenvalue weighted by Gasteiger charge is -2.20. The van der Waals surface area contributed by atoms with E-state index in [1.54, 1.807) is 0 Å². The van der Waals surface area contributed by atoms with E-state index < -0.39 is 0 Å². The highest BCUT2D eigenvalue weighted by atomic mass is 32.1. The van der Waals surface area contributed by atoms with Gasteiger partial charge in [0.05, 0.1) is 16.6 Å².